The number of hydrogen-bond acceptors (Lipinski definition) is 2. The number of carbonyl (C=O) groups excluding carboxylic acids is 1. The summed E-state index contributed by atoms with van der Waals surface area (Å²) in [5.41, 5.74) is -0.00804. The van der Waals surface area contributed by atoms with E-state index in [0.29, 0.717) is 18.8 Å². The van der Waals surface area contributed by atoms with Gasteiger partial charge >= 0.3 is 5.97 Å². The molecule has 1 aliphatic rings. The molecule has 0 aliphatic heterocycles. The number of carboxylic acids is 1. The Labute approximate surface area is 122 Å². The third-order valence-electron chi connectivity index (χ3n) is 5.05. The van der Waals surface area contributed by atoms with Crippen LogP contribution in [-0.2, 0) is 9.59 Å². The first-order chi connectivity index (χ1) is 9.09. The van der Waals surface area contributed by atoms with E-state index < -0.39 is 11.9 Å². The highest BCUT2D eigenvalue weighted by atomic mass is 16.4. The van der Waals surface area contributed by atoms with Gasteiger partial charge in [0.05, 0.1) is 11.8 Å². The molecule has 0 spiro atoms. The minimum Gasteiger partial charge on any atom is -0.481 e. The van der Waals surface area contributed by atoms with Gasteiger partial charge in [0, 0.05) is 13.1 Å². The van der Waals surface area contributed by atoms with Crippen LogP contribution in [0.25, 0.3) is 0 Å². The third kappa shape index (κ3) is 3.53. The molecule has 0 saturated heterocycles. The molecule has 0 aromatic heterocycles. The van der Waals surface area contributed by atoms with Crippen molar-refractivity contribution in [3.63, 3.8) is 0 Å². The van der Waals surface area contributed by atoms with Crippen LogP contribution in [0.4, 0.5) is 0 Å². The number of carbonyl (C=O) groups is 2. The maximum atomic E-state index is 12.7. The quantitative estimate of drug-likeness (QED) is 0.863. The Morgan fingerprint density at radius 2 is 1.75 bits per heavy atom. The molecule has 20 heavy (non-hydrogen) atoms. The van der Waals surface area contributed by atoms with E-state index in [2.05, 4.69) is 27.7 Å². The summed E-state index contributed by atoms with van der Waals surface area (Å²) in [6, 6.07) is 0.0881. The monoisotopic (exact) mass is 283 g/mol. The van der Waals surface area contributed by atoms with Gasteiger partial charge in [-0.2, -0.15) is 0 Å². The molecule has 0 aromatic carbocycles. The summed E-state index contributed by atoms with van der Waals surface area (Å²) in [7, 11) is 1.80. The summed E-state index contributed by atoms with van der Waals surface area (Å²) < 4.78 is 0. The second-order valence-corrected chi connectivity index (χ2v) is 7.29. The molecular weight excluding hydrogens is 254 g/mol. The maximum absolute atomic E-state index is 12.7. The zero-order valence-electron chi connectivity index (χ0n) is 13.6. The van der Waals surface area contributed by atoms with Gasteiger partial charge in [-0.05, 0) is 31.1 Å². The molecule has 0 aromatic rings. The number of aliphatic carboxylic acids is 1. The topological polar surface area (TPSA) is 57.6 Å². The summed E-state index contributed by atoms with van der Waals surface area (Å²) in [5, 5.41) is 9.36. The summed E-state index contributed by atoms with van der Waals surface area (Å²) >= 11 is 0. The molecule has 1 N–H and O–H groups in total. The van der Waals surface area contributed by atoms with Crippen molar-refractivity contribution in [2.75, 3.05) is 7.05 Å². The second kappa shape index (κ2) is 6.15. The highest BCUT2D eigenvalue weighted by Gasteiger charge is 2.44. The van der Waals surface area contributed by atoms with E-state index >= 15 is 0 Å². The Kier molecular flexibility index (Phi) is 5.22. The van der Waals surface area contributed by atoms with Crippen molar-refractivity contribution >= 4 is 11.9 Å². The van der Waals surface area contributed by atoms with Crippen LogP contribution < -0.4 is 0 Å². The fourth-order valence-electron chi connectivity index (χ4n) is 3.06. The van der Waals surface area contributed by atoms with E-state index in [1.54, 1.807) is 11.9 Å². The van der Waals surface area contributed by atoms with E-state index in [9.17, 15) is 14.7 Å². The normalized spacial score (nSPS) is 28.2. The highest BCUT2D eigenvalue weighted by Crippen LogP contribution is 2.40. The lowest BCUT2D eigenvalue weighted by Crippen LogP contribution is -2.46. The molecule has 4 nitrogen and oxygen atoms in total. The van der Waals surface area contributed by atoms with Crippen LogP contribution >= 0.6 is 0 Å². The molecule has 4 heteroatoms. The van der Waals surface area contributed by atoms with Gasteiger partial charge in [0.25, 0.3) is 0 Å². The molecule has 0 heterocycles. The third-order valence-corrected chi connectivity index (χ3v) is 5.05. The fourth-order valence-corrected chi connectivity index (χ4v) is 3.06. The predicted molar refractivity (Wildman–Crippen MR) is 79.3 cm³/mol. The minimum absolute atomic E-state index is 0.00391. The van der Waals surface area contributed by atoms with Crippen molar-refractivity contribution in [1.29, 1.82) is 0 Å². The molecule has 0 bridgehead atoms. The lowest BCUT2D eigenvalue weighted by molar-refractivity contribution is -0.150. The molecule has 1 aliphatic carbocycles. The second-order valence-electron chi connectivity index (χ2n) is 7.29. The Bertz CT molecular complexity index is 372. The van der Waals surface area contributed by atoms with Crippen molar-refractivity contribution < 1.29 is 14.7 Å². The minimum atomic E-state index is -0.823. The van der Waals surface area contributed by atoms with Gasteiger partial charge in [0.15, 0.2) is 0 Å². The van der Waals surface area contributed by atoms with Crippen LogP contribution in [0.1, 0.15) is 53.9 Å². The summed E-state index contributed by atoms with van der Waals surface area (Å²) in [6.07, 6.45) is 2.31. The van der Waals surface area contributed by atoms with Crippen LogP contribution in [0, 0.1) is 23.2 Å². The van der Waals surface area contributed by atoms with E-state index in [1.807, 2.05) is 6.92 Å². The Morgan fingerprint density at radius 1 is 1.25 bits per heavy atom. The fraction of sp³-hybridized carbons (Fsp3) is 0.875. The smallest absolute Gasteiger partial charge is 0.307 e. The van der Waals surface area contributed by atoms with E-state index in [1.165, 1.54) is 0 Å². The van der Waals surface area contributed by atoms with E-state index in [-0.39, 0.29) is 23.3 Å². The van der Waals surface area contributed by atoms with Gasteiger partial charge in [-0.15, -0.1) is 0 Å². The van der Waals surface area contributed by atoms with Gasteiger partial charge in [0.1, 0.15) is 0 Å². The predicted octanol–water partition coefficient (Wildman–Crippen LogP) is 3.02. The highest BCUT2D eigenvalue weighted by molar-refractivity contribution is 5.85. The van der Waals surface area contributed by atoms with Gasteiger partial charge in [-0.3, -0.25) is 9.59 Å². The molecule has 1 saturated carbocycles. The molecule has 1 fully saturated rings. The van der Waals surface area contributed by atoms with E-state index in [4.69, 9.17) is 0 Å². The lowest BCUT2D eigenvalue weighted by atomic mass is 9.85. The van der Waals surface area contributed by atoms with Crippen LogP contribution in [0.15, 0.2) is 0 Å². The van der Waals surface area contributed by atoms with Crippen LogP contribution in [0.2, 0.25) is 0 Å². The molecule has 0 radical (unpaired) electrons. The van der Waals surface area contributed by atoms with Crippen LogP contribution in [0.5, 0.6) is 0 Å². The Balaban J connectivity index is 2.87. The molecule has 116 valence electrons. The van der Waals surface area contributed by atoms with Crippen LogP contribution in [0.3, 0.4) is 0 Å². The maximum Gasteiger partial charge on any atom is 0.307 e. The Morgan fingerprint density at radius 3 is 2.15 bits per heavy atom. The lowest BCUT2D eigenvalue weighted by Gasteiger charge is -2.37. The number of nitrogens with zero attached hydrogens (tertiary/aromatic N) is 1. The van der Waals surface area contributed by atoms with Crippen molar-refractivity contribution in [1.82, 2.24) is 4.90 Å². The number of hydrogen-bond donors (Lipinski definition) is 1. The van der Waals surface area contributed by atoms with Gasteiger partial charge < -0.3 is 10.0 Å². The zero-order chi connectivity index (χ0) is 15.7. The molecule has 1 amide bonds. The first-order valence-electron chi connectivity index (χ1n) is 7.59. The zero-order valence-corrected chi connectivity index (χ0v) is 13.6. The van der Waals surface area contributed by atoms with Gasteiger partial charge in [-0.25, -0.2) is 0 Å². The average Bonchev–Trinajstić information content (AvgIpc) is 2.79. The molecule has 4 atom stereocenters. The van der Waals surface area contributed by atoms with Crippen molar-refractivity contribution in [3.8, 4) is 0 Å². The molecule has 1 rings (SSSR count). The van der Waals surface area contributed by atoms with Crippen molar-refractivity contribution in [2.45, 2.75) is 59.9 Å². The van der Waals surface area contributed by atoms with Crippen molar-refractivity contribution in [3.05, 3.63) is 0 Å². The largest absolute Gasteiger partial charge is 0.481 e. The first-order valence-corrected chi connectivity index (χ1v) is 7.59. The van der Waals surface area contributed by atoms with Crippen LogP contribution in [-0.4, -0.2) is 35.0 Å². The number of carboxylic acid groups (broad SMARTS) is 1. The SMILES string of the molecule is CCC1C[C@H](C(=O)N(C)C(C)C(C)(C)C)[C@H](C(=O)O)C1. The average molecular weight is 283 g/mol. The van der Waals surface area contributed by atoms with Gasteiger partial charge in [-0.1, -0.05) is 34.1 Å². The molecular formula is C16H29NO3. The summed E-state index contributed by atoms with van der Waals surface area (Å²) in [4.78, 5) is 25.8. The van der Waals surface area contributed by atoms with Gasteiger partial charge in [0.2, 0.25) is 5.91 Å². The molecule has 2 unspecified atom stereocenters. The van der Waals surface area contributed by atoms with Crippen molar-refractivity contribution in [2.24, 2.45) is 23.2 Å². The first kappa shape index (κ1) is 17.0. The Hall–Kier alpha value is -1.06. The number of rotatable bonds is 4. The summed E-state index contributed by atoms with van der Waals surface area (Å²) in [5.74, 6) is -1.33. The number of amides is 1. The summed E-state index contributed by atoms with van der Waals surface area (Å²) in [6.45, 7) is 10.4. The standard InChI is InChI=1S/C16H29NO3/c1-7-11-8-12(13(9-11)15(19)20)14(18)17(6)10(2)16(3,4)5/h10-13H,7-9H2,1-6H3,(H,19,20)/t10?,11?,12-,13+/m0/s1. The van der Waals surface area contributed by atoms with E-state index in [0.717, 1.165) is 6.42 Å².